The van der Waals surface area contributed by atoms with E-state index in [4.69, 9.17) is 4.74 Å². The lowest BCUT2D eigenvalue weighted by molar-refractivity contribution is -0.123. The highest BCUT2D eigenvalue weighted by Crippen LogP contribution is 2.27. The van der Waals surface area contributed by atoms with E-state index in [1.54, 1.807) is 0 Å². The Balaban J connectivity index is 1.82. The number of hydrogen-bond acceptors (Lipinski definition) is 3. The van der Waals surface area contributed by atoms with Crippen molar-refractivity contribution in [1.82, 2.24) is 4.57 Å². The highest BCUT2D eigenvalue weighted by Gasteiger charge is 2.25. The second-order valence-corrected chi connectivity index (χ2v) is 5.44. The molecule has 2 heterocycles. The van der Waals surface area contributed by atoms with E-state index in [9.17, 15) is 4.79 Å². The Hall–Kier alpha value is -1.88. The number of amides is 1. The van der Waals surface area contributed by atoms with Crippen molar-refractivity contribution in [1.29, 1.82) is 0 Å². The Morgan fingerprint density at radius 2 is 2.32 bits per heavy atom. The van der Waals surface area contributed by atoms with Gasteiger partial charge in [-0.2, -0.15) is 4.99 Å². The molecule has 1 atom stereocenters. The number of carbonyl (C=O) groups excluding carboxylic acids is 1. The van der Waals surface area contributed by atoms with Crippen LogP contribution in [0.15, 0.2) is 40.8 Å². The van der Waals surface area contributed by atoms with E-state index in [2.05, 4.69) is 4.99 Å². The van der Waals surface area contributed by atoms with Crippen molar-refractivity contribution < 1.29 is 9.53 Å². The van der Waals surface area contributed by atoms with Gasteiger partial charge in [0.05, 0.1) is 5.92 Å². The van der Waals surface area contributed by atoms with Crippen molar-refractivity contribution in [2.45, 2.75) is 6.42 Å². The second kappa shape index (κ2) is 5.01. The molecule has 0 spiro atoms. The molecule has 19 heavy (non-hydrogen) atoms. The minimum atomic E-state index is -0.183. The first-order valence-corrected chi connectivity index (χ1v) is 7.01. The fraction of sp³-hybridized carbons (Fsp3) is 0.286. The second-order valence-electron chi connectivity index (χ2n) is 4.57. The molecule has 5 heteroatoms. The van der Waals surface area contributed by atoms with Crippen molar-refractivity contribution in [3.63, 3.8) is 0 Å². The van der Waals surface area contributed by atoms with Crippen LogP contribution in [-0.4, -0.2) is 17.1 Å². The highest BCUT2D eigenvalue weighted by molar-refractivity contribution is 7.07. The van der Waals surface area contributed by atoms with Gasteiger partial charge in [0.2, 0.25) is 0 Å². The Bertz CT molecular complexity index is 672. The van der Waals surface area contributed by atoms with E-state index < -0.39 is 0 Å². The van der Waals surface area contributed by atoms with Gasteiger partial charge in [0, 0.05) is 18.6 Å². The third-order valence-corrected chi connectivity index (χ3v) is 4.04. The lowest BCUT2D eigenvalue weighted by Crippen LogP contribution is -2.28. The van der Waals surface area contributed by atoms with E-state index in [0.29, 0.717) is 13.0 Å². The summed E-state index contributed by atoms with van der Waals surface area (Å²) in [6.07, 6.45) is 2.59. The minimum Gasteiger partial charge on any atom is -0.492 e. The van der Waals surface area contributed by atoms with E-state index in [1.807, 2.05) is 47.5 Å². The van der Waals surface area contributed by atoms with Crippen molar-refractivity contribution >= 4 is 17.2 Å². The van der Waals surface area contributed by atoms with Gasteiger partial charge in [-0.15, -0.1) is 11.3 Å². The highest BCUT2D eigenvalue weighted by atomic mass is 32.1. The molecule has 3 rings (SSSR count). The molecule has 0 fully saturated rings. The molecule has 0 N–H and O–H groups in total. The van der Waals surface area contributed by atoms with E-state index in [0.717, 1.165) is 16.1 Å². The maximum absolute atomic E-state index is 12.2. The predicted molar refractivity (Wildman–Crippen MR) is 73.0 cm³/mol. The van der Waals surface area contributed by atoms with Gasteiger partial charge < -0.3 is 9.30 Å². The average Bonchev–Trinajstić information content (AvgIpc) is 2.84. The first kappa shape index (κ1) is 12.2. The topological polar surface area (TPSA) is 43.6 Å². The molecule has 1 aromatic heterocycles. The third kappa shape index (κ3) is 2.46. The quantitative estimate of drug-likeness (QED) is 0.795. The summed E-state index contributed by atoms with van der Waals surface area (Å²) in [6.45, 7) is 0.411. The number of rotatable bonds is 1. The molecule has 0 radical (unpaired) electrons. The molecule has 1 aromatic carbocycles. The van der Waals surface area contributed by atoms with Gasteiger partial charge in [-0.05, 0) is 18.1 Å². The standard InChI is InChI=1S/C14H14N2O2S/c1-16-6-7-19-14(16)15-13(17)11-8-10-4-2-3-5-12(10)18-9-11/h2-7,11H,8-9H2,1H3. The normalized spacial score (nSPS) is 18.8. The van der Waals surface area contributed by atoms with Gasteiger partial charge in [0.25, 0.3) is 5.91 Å². The van der Waals surface area contributed by atoms with Gasteiger partial charge >= 0.3 is 0 Å². The molecule has 0 bridgehead atoms. The molecule has 1 unspecified atom stereocenters. The number of carbonyl (C=O) groups is 1. The minimum absolute atomic E-state index is 0.104. The molecule has 1 aliphatic heterocycles. The van der Waals surface area contributed by atoms with Crippen LogP contribution < -0.4 is 9.54 Å². The predicted octanol–water partition coefficient (Wildman–Crippen LogP) is 1.77. The SMILES string of the molecule is Cn1ccsc1=NC(=O)C1COc2ccccc2C1. The first-order valence-electron chi connectivity index (χ1n) is 6.13. The lowest BCUT2D eigenvalue weighted by Gasteiger charge is -2.22. The van der Waals surface area contributed by atoms with Crippen LogP contribution in [0.4, 0.5) is 0 Å². The molecule has 1 aliphatic rings. The van der Waals surface area contributed by atoms with Gasteiger partial charge in [-0.3, -0.25) is 4.79 Å². The van der Waals surface area contributed by atoms with Crippen LogP contribution in [0.25, 0.3) is 0 Å². The Kier molecular flexibility index (Phi) is 3.21. The van der Waals surface area contributed by atoms with Gasteiger partial charge in [0.15, 0.2) is 4.80 Å². The number of aryl methyl sites for hydroxylation is 1. The molecule has 0 aliphatic carbocycles. The average molecular weight is 274 g/mol. The number of benzene rings is 1. The van der Waals surface area contributed by atoms with E-state index in [-0.39, 0.29) is 11.8 Å². The summed E-state index contributed by atoms with van der Waals surface area (Å²) >= 11 is 1.46. The summed E-state index contributed by atoms with van der Waals surface area (Å²) in [7, 11) is 1.88. The zero-order valence-corrected chi connectivity index (χ0v) is 11.4. The van der Waals surface area contributed by atoms with Crippen LogP contribution >= 0.6 is 11.3 Å². The van der Waals surface area contributed by atoms with Gasteiger partial charge in [-0.1, -0.05) is 18.2 Å². The molecule has 0 saturated heterocycles. The largest absolute Gasteiger partial charge is 0.492 e. The Labute approximate surface area is 115 Å². The number of thiazole rings is 1. The summed E-state index contributed by atoms with van der Waals surface area (Å²) in [4.78, 5) is 17.1. The zero-order chi connectivity index (χ0) is 13.2. The van der Waals surface area contributed by atoms with Crippen molar-refractivity contribution in [2.24, 2.45) is 18.0 Å². The van der Waals surface area contributed by atoms with Crippen molar-refractivity contribution in [2.75, 3.05) is 6.61 Å². The molecule has 0 saturated carbocycles. The van der Waals surface area contributed by atoms with Crippen LogP contribution in [0.1, 0.15) is 5.56 Å². The maximum Gasteiger partial charge on any atom is 0.255 e. The summed E-state index contributed by atoms with van der Waals surface area (Å²) in [5, 5.41) is 1.92. The monoisotopic (exact) mass is 274 g/mol. The maximum atomic E-state index is 12.2. The van der Waals surface area contributed by atoms with E-state index in [1.165, 1.54) is 11.3 Å². The molecular weight excluding hydrogens is 260 g/mol. The summed E-state index contributed by atoms with van der Waals surface area (Å²) < 4.78 is 7.47. The van der Waals surface area contributed by atoms with Crippen LogP contribution in [0, 0.1) is 5.92 Å². The van der Waals surface area contributed by atoms with Crippen LogP contribution in [0.3, 0.4) is 0 Å². The number of nitrogens with zero attached hydrogens (tertiary/aromatic N) is 2. The first-order chi connectivity index (χ1) is 9.24. The molecule has 1 amide bonds. The number of hydrogen-bond donors (Lipinski definition) is 0. The lowest BCUT2D eigenvalue weighted by atomic mass is 9.96. The Morgan fingerprint density at radius 3 is 3.11 bits per heavy atom. The fourth-order valence-corrected chi connectivity index (χ4v) is 2.84. The van der Waals surface area contributed by atoms with Gasteiger partial charge in [-0.25, -0.2) is 0 Å². The van der Waals surface area contributed by atoms with Crippen LogP contribution in [-0.2, 0) is 18.3 Å². The molecule has 98 valence electrons. The third-order valence-electron chi connectivity index (χ3n) is 3.19. The van der Waals surface area contributed by atoms with Crippen molar-refractivity contribution in [3.05, 3.63) is 46.2 Å². The fourth-order valence-electron chi connectivity index (χ4n) is 2.11. The van der Waals surface area contributed by atoms with Crippen LogP contribution in [0.2, 0.25) is 0 Å². The van der Waals surface area contributed by atoms with Crippen LogP contribution in [0.5, 0.6) is 5.75 Å². The summed E-state index contributed by atoms with van der Waals surface area (Å²) in [6, 6.07) is 7.84. The van der Waals surface area contributed by atoms with Crippen molar-refractivity contribution in [3.8, 4) is 5.75 Å². The zero-order valence-electron chi connectivity index (χ0n) is 10.6. The molecule has 4 nitrogen and oxygen atoms in total. The van der Waals surface area contributed by atoms with Gasteiger partial charge in [0.1, 0.15) is 12.4 Å². The Morgan fingerprint density at radius 1 is 1.47 bits per heavy atom. The number of fused-ring (bicyclic) bond motifs is 1. The molecule has 2 aromatic rings. The smallest absolute Gasteiger partial charge is 0.255 e. The summed E-state index contributed by atoms with van der Waals surface area (Å²) in [5.41, 5.74) is 1.08. The number of aromatic nitrogens is 1. The molecular formula is C14H14N2O2S. The number of para-hydroxylation sites is 1. The van der Waals surface area contributed by atoms with E-state index >= 15 is 0 Å². The number of ether oxygens (including phenoxy) is 1. The summed E-state index contributed by atoms with van der Waals surface area (Å²) in [5.74, 6) is 0.595.